The van der Waals surface area contributed by atoms with Gasteiger partial charge >= 0.3 is 0 Å². The van der Waals surface area contributed by atoms with Gasteiger partial charge in [-0.1, -0.05) is 13.0 Å². The minimum Gasteiger partial charge on any atom is -0.440 e. The van der Waals surface area contributed by atoms with Gasteiger partial charge in [-0.25, -0.2) is 4.98 Å². The van der Waals surface area contributed by atoms with Gasteiger partial charge in [-0.2, -0.15) is 0 Å². The first-order valence-corrected chi connectivity index (χ1v) is 4.90. The van der Waals surface area contributed by atoms with E-state index in [4.69, 9.17) is 10.2 Å². The molecule has 0 saturated heterocycles. The molecule has 1 aliphatic rings. The zero-order valence-electron chi connectivity index (χ0n) is 8.03. The molecule has 0 aliphatic heterocycles. The molecule has 1 heterocycles. The van der Waals surface area contributed by atoms with E-state index in [9.17, 15) is 0 Å². The van der Waals surface area contributed by atoms with Crippen LogP contribution in [0.15, 0.2) is 22.6 Å². The molecular weight excluding hydrogens is 176 g/mol. The minimum atomic E-state index is 0.516. The summed E-state index contributed by atoms with van der Waals surface area (Å²) in [5.41, 5.74) is 8.11. The summed E-state index contributed by atoms with van der Waals surface area (Å²) >= 11 is 0. The van der Waals surface area contributed by atoms with E-state index in [0.29, 0.717) is 17.5 Å². The van der Waals surface area contributed by atoms with Crippen LogP contribution in [-0.4, -0.2) is 4.98 Å². The standard InChI is InChI=1S/C11H12N2O/c1-6-5-7(6)11-13-10-8(12)3-2-4-9(10)14-11/h2-4,6-7H,5,12H2,1H3. The second-order valence-electron chi connectivity index (χ2n) is 4.07. The predicted octanol–water partition coefficient (Wildman–Crippen LogP) is 2.53. The monoisotopic (exact) mass is 188 g/mol. The van der Waals surface area contributed by atoms with Gasteiger partial charge < -0.3 is 10.2 Å². The lowest BCUT2D eigenvalue weighted by molar-refractivity contribution is 0.525. The first-order chi connectivity index (χ1) is 6.75. The molecule has 1 aliphatic carbocycles. The van der Waals surface area contributed by atoms with Gasteiger partial charge in [0.05, 0.1) is 5.69 Å². The molecule has 0 spiro atoms. The van der Waals surface area contributed by atoms with Crippen LogP contribution < -0.4 is 5.73 Å². The number of benzene rings is 1. The van der Waals surface area contributed by atoms with Gasteiger partial charge in [0.1, 0.15) is 5.52 Å². The van der Waals surface area contributed by atoms with Crippen LogP contribution in [0.25, 0.3) is 11.1 Å². The van der Waals surface area contributed by atoms with Crippen LogP contribution in [-0.2, 0) is 0 Å². The number of rotatable bonds is 1. The Morgan fingerprint density at radius 3 is 2.93 bits per heavy atom. The van der Waals surface area contributed by atoms with E-state index in [2.05, 4.69) is 11.9 Å². The Hall–Kier alpha value is -1.51. The van der Waals surface area contributed by atoms with Crippen LogP contribution in [0.4, 0.5) is 5.69 Å². The van der Waals surface area contributed by atoms with E-state index in [1.54, 1.807) is 0 Å². The van der Waals surface area contributed by atoms with E-state index < -0.39 is 0 Å². The molecule has 0 amide bonds. The van der Waals surface area contributed by atoms with Crippen molar-refractivity contribution in [3.8, 4) is 0 Å². The number of hydrogen-bond acceptors (Lipinski definition) is 3. The molecule has 1 saturated carbocycles. The van der Waals surface area contributed by atoms with Crippen molar-refractivity contribution in [2.45, 2.75) is 19.3 Å². The summed E-state index contributed by atoms with van der Waals surface area (Å²) < 4.78 is 5.65. The quantitative estimate of drug-likeness (QED) is 0.699. The van der Waals surface area contributed by atoms with E-state index >= 15 is 0 Å². The number of nitrogens with zero attached hydrogens (tertiary/aromatic N) is 1. The van der Waals surface area contributed by atoms with Crippen LogP contribution in [0.2, 0.25) is 0 Å². The van der Waals surface area contributed by atoms with Gasteiger partial charge in [-0.3, -0.25) is 0 Å². The molecule has 2 unspecified atom stereocenters. The fourth-order valence-electron chi connectivity index (χ4n) is 1.81. The Bertz CT molecular complexity index is 489. The van der Waals surface area contributed by atoms with Gasteiger partial charge in [0, 0.05) is 5.92 Å². The first kappa shape index (κ1) is 7.85. The Morgan fingerprint density at radius 1 is 1.50 bits per heavy atom. The lowest BCUT2D eigenvalue weighted by atomic mass is 10.3. The number of para-hydroxylation sites is 1. The maximum absolute atomic E-state index is 5.80. The molecule has 14 heavy (non-hydrogen) atoms. The van der Waals surface area contributed by atoms with Crippen molar-refractivity contribution in [1.82, 2.24) is 4.98 Å². The van der Waals surface area contributed by atoms with Crippen molar-refractivity contribution < 1.29 is 4.42 Å². The smallest absolute Gasteiger partial charge is 0.198 e. The second kappa shape index (κ2) is 2.50. The predicted molar refractivity (Wildman–Crippen MR) is 54.9 cm³/mol. The van der Waals surface area contributed by atoms with Crippen LogP contribution in [0.5, 0.6) is 0 Å². The average molecular weight is 188 g/mol. The van der Waals surface area contributed by atoms with Crippen molar-refractivity contribution >= 4 is 16.8 Å². The van der Waals surface area contributed by atoms with Crippen LogP contribution in [0.1, 0.15) is 25.2 Å². The van der Waals surface area contributed by atoms with Gasteiger partial charge in [0.25, 0.3) is 0 Å². The molecule has 0 radical (unpaired) electrons. The summed E-state index contributed by atoms with van der Waals surface area (Å²) in [5, 5.41) is 0. The van der Waals surface area contributed by atoms with Crippen molar-refractivity contribution in [2.24, 2.45) is 5.92 Å². The van der Waals surface area contributed by atoms with Crippen molar-refractivity contribution in [3.05, 3.63) is 24.1 Å². The molecule has 3 nitrogen and oxygen atoms in total. The van der Waals surface area contributed by atoms with E-state index in [-0.39, 0.29) is 0 Å². The summed E-state index contributed by atoms with van der Waals surface area (Å²) in [7, 11) is 0. The maximum atomic E-state index is 5.80. The van der Waals surface area contributed by atoms with Crippen LogP contribution in [0.3, 0.4) is 0 Å². The molecule has 1 fully saturated rings. The van der Waals surface area contributed by atoms with E-state index in [0.717, 1.165) is 17.0 Å². The lowest BCUT2D eigenvalue weighted by Crippen LogP contribution is -1.85. The van der Waals surface area contributed by atoms with Gasteiger partial charge in [0.2, 0.25) is 0 Å². The SMILES string of the molecule is CC1CC1c1nc2c(N)cccc2o1. The Labute approximate surface area is 81.9 Å². The molecule has 2 N–H and O–H groups in total. The van der Waals surface area contributed by atoms with E-state index in [1.165, 1.54) is 6.42 Å². The zero-order valence-corrected chi connectivity index (χ0v) is 8.03. The fourth-order valence-corrected chi connectivity index (χ4v) is 1.81. The third-order valence-corrected chi connectivity index (χ3v) is 2.89. The number of oxazole rings is 1. The van der Waals surface area contributed by atoms with Crippen LogP contribution in [0, 0.1) is 5.92 Å². The maximum Gasteiger partial charge on any atom is 0.198 e. The minimum absolute atomic E-state index is 0.516. The Kier molecular flexibility index (Phi) is 1.40. The number of nitrogens with two attached hydrogens (primary N) is 1. The van der Waals surface area contributed by atoms with Gasteiger partial charge in [-0.15, -0.1) is 0 Å². The number of fused-ring (bicyclic) bond motifs is 1. The van der Waals surface area contributed by atoms with E-state index in [1.807, 2.05) is 18.2 Å². The normalized spacial score (nSPS) is 25.5. The molecule has 2 atom stereocenters. The lowest BCUT2D eigenvalue weighted by Gasteiger charge is -1.89. The second-order valence-corrected chi connectivity index (χ2v) is 4.07. The Morgan fingerprint density at radius 2 is 2.29 bits per heavy atom. The summed E-state index contributed by atoms with van der Waals surface area (Å²) in [6, 6.07) is 5.66. The highest BCUT2D eigenvalue weighted by atomic mass is 16.3. The van der Waals surface area contributed by atoms with Gasteiger partial charge in [-0.05, 0) is 24.5 Å². The topological polar surface area (TPSA) is 52.0 Å². The summed E-state index contributed by atoms with van der Waals surface area (Å²) in [6.45, 7) is 2.21. The molecule has 1 aromatic heterocycles. The third-order valence-electron chi connectivity index (χ3n) is 2.89. The molecular formula is C11H12N2O. The Balaban J connectivity index is 2.16. The number of anilines is 1. The number of nitrogen functional groups attached to an aromatic ring is 1. The van der Waals surface area contributed by atoms with Crippen molar-refractivity contribution in [3.63, 3.8) is 0 Å². The zero-order chi connectivity index (χ0) is 9.71. The molecule has 1 aromatic carbocycles. The third kappa shape index (κ3) is 1.02. The molecule has 0 bridgehead atoms. The highest BCUT2D eigenvalue weighted by molar-refractivity contribution is 5.85. The molecule has 3 rings (SSSR count). The number of hydrogen-bond donors (Lipinski definition) is 1. The molecule has 3 heteroatoms. The summed E-state index contributed by atoms with van der Waals surface area (Å²) in [6.07, 6.45) is 1.19. The highest BCUT2D eigenvalue weighted by Crippen LogP contribution is 2.47. The fraction of sp³-hybridized carbons (Fsp3) is 0.364. The molecule has 72 valence electrons. The average Bonchev–Trinajstić information content (AvgIpc) is 2.75. The van der Waals surface area contributed by atoms with Crippen molar-refractivity contribution in [2.75, 3.05) is 5.73 Å². The largest absolute Gasteiger partial charge is 0.440 e. The first-order valence-electron chi connectivity index (χ1n) is 4.90. The van der Waals surface area contributed by atoms with Gasteiger partial charge in [0.15, 0.2) is 11.5 Å². The summed E-state index contributed by atoms with van der Waals surface area (Å²) in [5.74, 6) is 2.08. The van der Waals surface area contributed by atoms with Crippen LogP contribution >= 0.6 is 0 Å². The highest BCUT2D eigenvalue weighted by Gasteiger charge is 2.38. The number of aromatic nitrogens is 1. The summed E-state index contributed by atoms with van der Waals surface area (Å²) in [4.78, 5) is 4.43. The van der Waals surface area contributed by atoms with Crippen molar-refractivity contribution in [1.29, 1.82) is 0 Å². The molecule has 2 aromatic rings.